The molecule has 4 nitrogen and oxygen atoms in total. The average molecular weight is 235 g/mol. The van der Waals surface area contributed by atoms with E-state index in [0.717, 1.165) is 11.3 Å². The van der Waals surface area contributed by atoms with Crippen LogP contribution in [0.25, 0.3) is 22.8 Å². The minimum Gasteiger partial charge on any atom is -0.442 e. The summed E-state index contributed by atoms with van der Waals surface area (Å²) in [6.45, 7) is 0. The Morgan fingerprint density at radius 2 is 1.94 bits per heavy atom. The molecule has 4 heteroatoms. The first-order chi connectivity index (χ1) is 8.86. The van der Waals surface area contributed by atoms with Crippen molar-refractivity contribution in [2.45, 2.75) is 0 Å². The smallest absolute Gasteiger partial charge is 0.204 e. The van der Waals surface area contributed by atoms with Crippen molar-refractivity contribution >= 4 is 0 Å². The number of H-pyrrole nitrogens is 1. The minimum absolute atomic E-state index is 0.280. The summed E-state index contributed by atoms with van der Waals surface area (Å²) in [7, 11) is 0. The molecule has 86 valence electrons. The van der Waals surface area contributed by atoms with E-state index in [-0.39, 0.29) is 5.76 Å². The molecule has 0 spiro atoms. The fourth-order valence-electron chi connectivity index (χ4n) is 1.74. The first-order valence-corrected chi connectivity index (χ1v) is 5.47. The van der Waals surface area contributed by atoms with Gasteiger partial charge in [0, 0.05) is 0 Å². The second-order valence-corrected chi connectivity index (χ2v) is 3.79. The predicted molar refractivity (Wildman–Crippen MR) is 66.4 cm³/mol. The van der Waals surface area contributed by atoms with Gasteiger partial charge in [0.05, 0.1) is 11.9 Å². The van der Waals surface area contributed by atoms with E-state index in [1.807, 2.05) is 36.4 Å². The molecule has 1 aromatic carbocycles. The molecule has 0 aliphatic carbocycles. The van der Waals surface area contributed by atoms with E-state index in [4.69, 9.17) is 9.68 Å². The highest BCUT2D eigenvalue weighted by Gasteiger charge is 2.09. The van der Waals surface area contributed by atoms with Gasteiger partial charge in [0.2, 0.25) is 5.76 Å². The maximum absolute atomic E-state index is 8.71. The van der Waals surface area contributed by atoms with Crippen molar-refractivity contribution in [3.8, 4) is 28.9 Å². The average Bonchev–Trinajstić information content (AvgIpc) is 3.08. The molecule has 2 aromatic heterocycles. The van der Waals surface area contributed by atoms with Crippen molar-refractivity contribution in [1.82, 2.24) is 9.97 Å². The number of aromatic nitrogens is 2. The van der Waals surface area contributed by atoms with Crippen molar-refractivity contribution in [1.29, 1.82) is 5.26 Å². The molecule has 0 bridgehead atoms. The van der Waals surface area contributed by atoms with Gasteiger partial charge in [-0.2, -0.15) is 5.26 Å². The molecule has 0 unspecified atom stereocenters. The van der Waals surface area contributed by atoms with Crippen LogP contribution in [0.2, 0.25) is 0 Å². The first-order valence-electron chi connectivity index (χ1n) is 5.47. The van der Waals surface area contributed by atoms with E-state index in [1.54, 1.807) is 18.3 Å². The summed E-state index contributed by atoms with van der Waals surface area (Å²) in [4.78, 5) is 7.42. The van der Waals surface area contributed by atoms with Gasteiger partial charge in [-0.1, -0.05) is 30.3 Å². The fourth-order valence-corrected chi connectivity index (χ4v) is 1.74. The summed E-state index contributed by atoms with van der Waals surface area (Å²) in [5.74, 6) is 1.46. The van der Waals surface area contributed by atoms with Crippen LogP contribution in [-0.2, 0) is 0 Å². The summed E-state index contributed by atoms with van der Waals surface area (Å²) in [5.41, 5.74) is 1.98. The van der Waals surface area contributed by atoms with Crippen molar-refractivity contribution in [3.05, 3.63) is 54.4 Å². The maximum Gasteiger partial charge on any atom is 0.204 e. The van der Waals surface area contributed by atoms with Crippen LogP contribution in [0.15, 0.2) is 53.1 Å². The zero-order valence-corrected chi connectivity index (χ0v) is 9.42. The third-order valence-corrected chi connectivity index (χ3v) is 2.61. The molecule has 0 saturated heterocycles. The van der Waals surface area contributed by atoms with Gasteiger partial charge in [-0.15, -0.1) is 0 Å². The molecular weight excluding hydrogens is 226 g/mol. The maximum atomic E-state index is 8.71. The van der Waals surface area contributed by atoms with Crippen LogP contribution in [0.4, 0.5) is 0 Å². The quantitative estimate of drug-likeness (QED) is 0.741. The van der Waals surface area contributed by atoms with E-state index < -0.39 is 0 Å². The Bertz CT molecular complexity index is 704. The summed E-state index contributed by atoms with van der Waals surface area (Å²) in [6.07, 6.45) is 1.75. The number of hydrogen-bond acceptors (Lipinski definition) is 3. The van der Waals surface area contributed by atoms with Gasteiger partial charge in [0.15, 0.2) is 11.6 Å². The van der Waals surface area contributed by atoms with Crippen LogP contribution in [-0.4, -0.2) is 9.97 Å². The Morgan fingerprint density at radius 1 is 1.11 bits per heavy atom. The highest BCUT2D eigenvalue weighted by molar-refractivity contribution is 5.62. The monoisotopic (exact) mass is 235 g/mol. The van der Waals surface area contributed by atoms with Crippen LogP contribution >= 0.6 is 0 Å². The third-order valence-electron chi connectivity index (χ3n) is 2.61. The lowest BCUT2D eigenvalue weighted by atomic mass is 10.2. The molecular formula is C14H9N3O. The molecule has 0 aliphatic heterocycles. The minimum atomic E-state index is 0.280. The van der Waals surface area contributed by atoms with Gasteiger partial charge in [0.1, 0.15) is 6.07 Å². The van der Waals surface area contributed by atoms with Gasteiger partial charge < -0.3 is 9.40 Å². The molecule has 0 aliphatic rings. The lowest BCUT2D eigenvalue weighted by Crippen LogP contribution is -1.78. The summed E-state index contributed by atoms with van der Waals surface area (Å²) in [5, 5.41) is 8.71. The molecule has 0 saturated carbocycles. The van der Waals surface area contributed by atoms with Gasteiger partial charge in [-0.25, -0.2) is 4.98 Å². The van der Waals surface area contributed by atoms with Crippen molar-refractivity contribution in [2.24, 2.45) is 0 Å². The second-order valence-electron chi connectivity index (χ2n) is 3.79. The summed E-state index contributed by atoms with van der Waals surface area (Å²) >= 11 is 0. The van der Waals surface area contributed by atoms with Crippen LogP contribution < -0.4 is 0 Å². The number of aromatic amines is 1. The van der Waals surface area contributed by atoms with Crippen LogP contribution in [0.1, 0.15) is 5.76 Å². The molecule has 0 atom stereocenters. The highest BCUT2D eigenvalue weighted by Crippen LogP contribution is 2.23. The van der Waals surface area contributed by atoms with Gasteiger partial charge >= 0.3 is 0 Å². The number of hydrogen-bond donors (Lipinski definition) is 1. The predicted octanol–water partition coefficient (Wildman–Crippen LogP) is 3.21. The number of nitrogens with zero attached hydrogens (tertiary/aromatic N) is 2. The Morgan fingerprint density at radius 3 is 2.67 bits per heavy atom. The fraction of sp³-hybridized carbons (Fsp3) is 0. The van der Waals surface area contributed by atoms with Crippen molar-refractivity contribution in [2.75, 3.05) is 0 Å². The van der Waals surface area contributed by atoms with Crippen LogP contribution in [0.5, 0.6) is 0 Å². The zero-order chi connectivity index (χ0) is 12.4. The largest absolute Gasteiger partial charge is 0.442 e. The molecule has 2 heterocycles. The van der Waals surface area contributed by atoms with Gasteiger partial charge in [-0.05, 0) is 17.7 Å². The Labute approximate surface area is 104 Å². The number of imidazole rings is 1. The number of rotatable bonds is 2. The highest BCUT2D eigenvalue weighted by atomic mass is 16.3. The molecule has 1 N–H and O–H groups in total. The van der Waals surface area contributed by atoms with Crippen LogP contribution in [0, 0.1) is 11.3 Å². The Kier molecular flexibility index (Phi) is 2.43. The molecule has 3 aromatic rings. The summed E-state index contributed by atoms with van der Waals surface area (Å²) < 4.78 is 5.31. The van der Waals surface area contributed by atoms with E-state index in [0.29, 0.717) is 11.6 Å². The molecule has 3 rings (SSSR count). The van der Waals surface area contributed by atoms with E-state index >= 15 is 0 Å². The SMILES string of the molecule is N#Cc1ccc(-c2ncc(-c3ccccc3)[nH]2)o1. The summed E-state index contributed by atoms with van der Waals surface area (Å²) in [6, 6.07) is 15.2. The number of nitrogens with one attached hydrogen (secondary N) is 1. The normalized spacial score (nSPS) is 10.2. The van der Waals surface area contributed by atoms with Crippen LogP contribution in [0.3, 0.4) is 0 Å². The van der Waals surface area contributed by atoms with Gasteiger partial charge in [0.25, 0.3) is 0 Å². The second kappa shape index (κ2) is 4.22. The standard InChI is InChI=1S/C14H9N3O/c15-8-11-6-7-13(18-11)14-16-9-12(17-14)10-4-2-1-3-5-10/h1-7,9H,(H,16,17). The Balaban J connectivity index is 1.97. The lowest BCUT2D eigenvalue weighted by Gasteiger charge is -1.95. The van der Waals surface area contributed by atoms with E-state index in [2.05, 4.69) is 9.97 Å². The number of benzene rings is 1. The van der Waals surface area contributed by atoms with Crippen molar-refractivity contribution in [3.63, 3.8) is 0 Å². The third kappa shape index (κ3) is 1.78. The lowest BCUT2D eigenvalue weighted by molar-refractivity contribution is 0.563. The zero-order valence-electron chi connectivity index (χ0n) is 9.42. The first kappa shape index (κ1) is 10.4. The molecule has 0 radical (unpaired) electrons. The van der Waals surface area contributed by atoms with Crippen molar-refractivity contribution < 1.29 is 4.42 Å². The molecule has 18 heavy (non-hydrogen) atoms. The number of nitriles is 1. The number of furan rings is 1. The van der Waals surface area contributed by atoms with E-state index in [1.165, 1.54) is 0 Å². The molecule has 0 amide bonds. The Hall–Kier alpha value is -2.80. The molecule has 0 fully saturated rings. The van der Waals surface area contributed by atoms with Gasteiger partial charge in [-0.3, -0.25) is 0 Å². The topological polar surface area (TPSA) is 65.6 Å². The van der Waals surface area contributed by atoms with E-state index in [9.17, 15) is 0 Å².